The predicted octanol–water partition coefficient (Wildman–Crippen LogP) is 2.77. The van der Waals surface area contributed by atoms with Gasteiger partial charge in [-0.3, -0.25) is 0 Å². The van der Waals surface area contributed by atoms with E-state index in [0.717, 1.165) is 6.42 Å². The maximum absolute atomic E-state index is 12.2. The van der Waals surface area contributed by atoms with Gasteiger partial charge in [0.2, 0.25) is 10.0 Å². The van der Waals surface area contributed by atoms with E-state index in [9.17, 15) is 13.2 Å². The Morgan fingerprint density at radius 1 is 1.04 bits per heavy atom. The van der Waals surface area contributed by atoms with Gasteiger partial charge in [0, 0.05) is 6.54 Å². The van der Waals surface area contributed by atoms with E-state index in [-0.39, 0.29) is 11.5 Å². The summed E-state index contributed by atoms with van der Waals surface area (Å²) in [5.41, 5.74) is 1.51. The molecule has 0 aliphatic carbocycles. The summed E-state index contributed by atoms with van der Waals surface area (Å²) in [4.78, 5) is 11.7. The fourth-order valence-electron chi connectivity index (χ4n) is 2.21. The number of esters is 1. The minimum atomic E-state index is -3.57. The molecule has 2 aromatic rings. The Bertz CT molecular complexity index is 755. The van der Waals surface area contributed by atoms with E-state index in [1.54, 1.807) is 6.92 Å². The van der Waals surface area contributed by atoms with Gasteiger partial charge in [0.25, 0.3) is 0 Å². The SMILES string of the molecule is CCOC(=O)c1ccc(S(=O)(=O)NCCCc2ccccc2)cc1. The first-order chi connectivity index (χ1) is 11.5. The topological polar surface area (TPSA) is 72.5 Å². The van der Waals surface area contributed by atoms with Crippen molar-refractivity contribution in [2.75, 3.05) is 13.2 Å². The second-order valence-corrected chi connectivity index (χ2v) is 7.00. The summed E-state index contributed by atoms with van der Waals surface area (Å²) in [7, 11) is -3.57. The van der Waals surface area contributed by atoms with Gasteiger partial charge in [0.15, 0.2) is 0 Å². The average Bonchev–Trinajstić information content (AvgIpc) is 2.60. The fourth-order valence-corrected chi connectivity index (χ4v) is 3.29. The van der Waals surface area contributed by atoms with Crippen molar-refractivity contribution in [3.8, 4) is 0 Å². The standard InChI is InChI=1S/C18H21NO4S/c1-2-23-18(20)16-10-12-17(13-11-16)24(21,22)19-14-6-9-15-7-4-3-5-8-15/h3-5,7-8,10-13,19H,2,6,9,14H2,1H3. The maximum atomic E-state index is 12.2. The van der Waals surface area contributed by atoms with Crippen molar-refractivity contribution < 1.29 is 17.9 Å². The molecule has 0 fully saturated rings. The van der Waals surface area contributed by atoms with Crippen molar-refractivity contribution in [2.45, 2.75) is 24.7 Å². The van der Waals surface area contributed by atoms with Crippen molar-refractivity contribution in [3.05, 3.63) is 65.7 Å². The second-order valence-electron chi connectivity index (χ2n) is 5.23. The van der Waals surface area contributed by atoms with Crippen molar-refractivity contribution in [3.63, 3.8) is 0 Å². The number of nitrogens with one attached hydrogen (secondary N) is 1. The van der Waals surface area contributed by atoms with Crippen LogP contribution in [0.4, 0.5) is 0 Å². The smallest absolute Gasteiger partial charge is 0.338 e. The molecule has 6 heteroatoms. The highest BCUT2D eigenvalue weighted by atomic mass is 32.2. The van der Waals surface area contributed by atoms with Crippen LogP contribution in [-0.2, 0) is 21.2 Å². The molecule has 0 saturated carbocycles. The third kappa shape index (κ3) is 5.18. The van der Waals surface area contributed by atoms with Crippen LogP contribution in [0.5, 0.6) is 0 Å². The van der Waals surface area contributed by atoms with E-state index in [4.69, 9.17) is 4.74 Å². The lowest BCUT2D eigenvalue weighted by Crippen LogP contribution is -2.25. The number of aryl methyl sites for hydroxylation is 1. The van der Waals surface area contributed by atoms with Crippen LogP contribution in [0.3, 0.4) is 0 Å². The van der Waals surface area contributed by atoms with Gasteiger partial charge < -0.3 is 4.74 Å². The third-order valence-electron chi connectivity index (χ3n) is 3.45. The zero-order chi connectivity index (χ0) is 17.4. The van der Waals surface area contributed by atoms with Crippen molar-refractivity contribution in [1.82, 2.24) is 4.72 Å². The van der Waals surface area contributed by atoms with Crippen LogP contribution in [0.1, 0.15) is 29.3 Å². The van der Waals surface area contributed by atoms with Gasteiger partial charge in [-0.15, -0.1) is 0 Å². The zero-order valence-corrected chi connectivity index (χ0v) is 14.4. The zero-order valence-electron chi connectivity index (χ0n) is 13.6. The van der Waals surface area contributed by atoms with Crippen LogP contribution >= 0.6 is 0 Å². The Labute approximate surface area is 142 Å². The largest absolute Gasteiger partial charge is 0.462 e. The first-order valence-electron chi connectivity index (χ1n) is 7.83. The van der Waals surface area contributed by atoms with E-state index < -0.39 is 16.0 Å². The molecule has 0 saturated heterocycles. The highest BCUT2D eigenvalue weighted by Gasteiger charge is 2.14. The number of hydrogen-bond donors (Lipinski definition) is 1. The number of rotatable bonds is 8. The Morgan fingerprint density at radius 3 is 2.33 bits per heavy atom. The first-order valence-corrected chi connectivity index (χ1v) is 9.32. The van der Waals surface area contributed by atoms with Crippen LogP contribution in [0.2, 0.25) is 0 Å². The summed E-state index contributed by atoms with van der Waals surface area (Å²) >= 11 is 0. The molecule has 0 bridgehead atoms. The lowest BCUT2D eigenvalue weighted by atomic mass is 10.1. The number of hydrogen-bond acceptors (Lipinski definition) is 4. The molecule has 2 rings (SSSR count). The highest BCUT2D eigenvalue weighted by molar-refractivity contribution is 7.89. The molecule has 24 heavy (non-hydrogen) atoms. The summed E-state index contributed by atoms with van der Waals surface area (Å²) in [5, 5.41) is 0. The van der Waals surface area contributed by atoms with Crippen LogP contribution in [0.15, 0.2) is 59.5 Å². The Morgan fingerprint density at radius 2 is 1.71 bits per heavy atom. The molecule has 5 nitrogen and oxygen atoms in total. The third-order valence-corrected chi connectivity index (χ3v) is 4.93. The van der Waals surface area contributed by atoms with Crippen LogP contribution in [0.25, 0.3) is 0 Å². The number of ether oxygens (including phenoxy) is 1. The lowest BCUT2D eigenvalue weighted by Gasteiger charge is -2.08. The van der Waals surface area contributed by atoms with Crippen LogP contribution in [-0.4, -0.2) is 27.5 Å². The molecular formula is C18H21NO4S. The molecule has 0 spiro atoms. The summed E-state index contributed by atoms with van der Waals surface area (Å²) in [6.45, 7) is 2.36. The van der Waals surface area contributed by atoms with E-state index in [2.05, 4.69) is 4.72 Å². The number of benzene rings is 2. The quantitative estimate of drug-likeness (QED) is 0.589. The number of carbonyl (C=O) groups is 1. The fraction of sp³-hybridized carbons (Fsp3) is 0.278. The molecule has 0 unspecified atom stereocenters. The van der Waals surface area contributed by atoms with E-state index >= 15 is 0 Å². The average molecular weight is 347 g/mol. The van der Waals surface area contributed by atoms with Gasteiger partial charge in [0.1, 0.15) is 0 Å². The Kier molecular flexibility index (Phi) is 6.52. The number of sulfonamides is 1. The molecule has 0 radical (unpaired) electrons. The van der Waals surface area contributed by atoms with Gasteiger partial charge in [-0.05, 0) is 49.6 Å². The predicted molar refractivity (Wildman–Crippen MR) is 92.4 cm³/mol. The summed E-state index contributed by atoms with van der Waals surface area (Å²) in [5.74, 6) is -0.461. The summed E-state index contributed by atoms with van der Waals surface area (Å²) in [6, 6.07) is 15.6. The first kappa shape index (κ1) is 18.2. The summed E-state index contributed by atoms with van der Waals surface area (Å²) in [6.07, 6.45) is 1.52. The van der Waals surface area contributed by atoms with Gasteiger partial charge >= 0.3 is 5.97 Å². The van der Waals surface area contributed by atoms with Crippen LogP contribution < -0.4 is 4.72 Å². The van der Waals surface area contributed by atoms with E-state index in [1.807, 2.05) is 30.3 Å². The van der Waals surface area contributed by atoms with Gasteiger partial charge in [0.05, 0.1) is 17.1 Å². The van der Waals surface area contributed by atoms with Gasteiger partial charge in [-0.2, -0.15) is 0 Å². The second kappa shape index (κ2) is 8.61. The number of carbonyl (C=O) groups excluding carboxylic acids is 1. The molecule has 0 atom stereocenters. The lowest BCUT2D eigenvalue weighted by molar-refractivity contribution is 0.0526. The Balaban J connectivity index is 1.89. The molecule has 0 aromatic heterocycles. The molecule has 0 amide bonds. The molecule has 0 heterocycles. The van der Waals surface area contributed by atoms with E-state index in [1.165, 1.54) is 29.8 Å². The van der Waals surface area contributed by atoms with Crippen molar-refractivity contribution in [1.29, 1.82) is 0 Å². The van der Waals surface area contributed by atoms with Gasteiger partial charge in [-0.1, -0.05) is 30.3 Å². The summed E-state index contributed by atoms with van der Waals surface area (Å²) < 4.78 is 31.9. The minimum absolute atomic E-state index is 0.134. The highest BCUT2D eigenvalue weighted by Crippen LogP contribution is 2.12. The molecule has 0 aliphatic heterocycles. The van der Waals surface area contributed by atoms with Crippen molar-refractivity contribution >= 4 is 16.0 Å². The van der Waals surface area contributed by atoms with Crippen LogP contribution in [0, 0.1) is 0 Å². The normalized spacial score (nSPS) is 11.2. The maximum Gasteiger partial charge on any atom is 0.338 e. The Hall–Kier alpha value is -2.18. The molecular weight excluding hydrogens is 326 g/mol. The molecule has 0 aliphatic rings. The van der Waals surface area contributed by atoms with Gasteiger partial charge in [-0.25, -0.2) is 17.9 Å². The molecule has 1 N–H and O–H groups in total. The molecule has 128 valence electrons. The molecule has 2 aromatic carbocycles. The minimum Gasteiger partial charge on any atom is -0.462 e. The van der Waals surface area contributed by atoms with E-state index in [0.29, 0.717) is 18.5 Å². The van der Waals surface area contributed by atoms with Crippen molar-refractivity contribution in [2.24, 2.45) is 0 Å². The monoisotopic (exact) mass is 347 g/mol.